The van der Waals surface area contributed by atoms with E-state index in [1.54, 1.807) is 12.3 Å². The molecule has 0 radical (unpaired) electrons. The van der Waals surface area contributed by atoms with E-state index < -0.39 is 0 Å². The maximum Gasteiger partial charge on any atom is 0.181 e. The summed E-state index contributed by atoms with van der Waals surface area (Å²) < 4.78 is 5.17. The molecule has 1 heterocycles. The fraction of sp³-hybridized carbons (Fsp3) is 0.0833. The molecule has 76 valence electrons. The summed E-state index contributed by atoms with van der Waals surface area (Å²) in [6.45, 7) is 0.0594. The van der Waals surface area contributed by atoms with Gasteiger partial charge in [0.25, 0.3) is 0 Å². The van der Waals surface area contributed by atoms with E-state index in [-0.39, 0.29) is 6.61 Å². The van der Waals surface area contributed by atoms with Crippen molar-refractivity contribution in [2.45, 2.75) is 0 Å². The van der Waals surface area contributed by atoms with Crippen LogP contribution in [0.2, 0.25) is 0 Å². The number of benzene rings is 1. The Kier molecular flexibility index (Phi) is 2.95. The Balaban J connectivity index is 2.21. The Bertz CT molecular complexity index is 429. The minimum atomic E-state index is 0.0594. The SMILES string of the molecule is OCC=Cc1ccc(-c2cnco2)cc1. The van der Waals surface area contributed by atoms with Crippen molar-refractivity contribution >= 4 is 6.08 Å². The molecule has 0 atom stereocenters. The Labute approximate surface area is 87.7 Å². The minimum absolute atomic E-state index is 0.0594. The van der Waals surface area contributed by atoms with E-state index in [2.05, 4.69) is 4.98 Å². The lowest BCUT2D eigenvalue weighted by Crippen LogP contribution is -1.76. The lowest BCUT2D eigenvalue weighted by molar-refractivity contribution is 0.343. The van der Waals surface area contributed by atoms with Crippen LogP contribution >= 0.6 is 0 Å². The molecule has 2 aromatic rings. The molecule has 1 N–H and O–H groups in total. The highest BCUT2D eigenvalue weighted by Crippen LogP contribution is 2.19. The number of hydrogen-bond acceptors (Lipinski definition) is 3. The molecule has 0 fully saturated rings. The molecule has 0 saturated heterocycles. The second kappa shape index (κ2) is 4.57. The average Bonchev–Trinajstić information content (AvgIpc) is 2.80. The van der Waals surface area contributed by atoms with Crippen molar-refractivity contribution in [3.05, 3.63) is 48.5 Å². The first-order chi connectivity index (χ1) is 7.40. The van der Waals surface area contributed by atoms with Crippen LogP contribution < -0.4 is 0 Å². The number of oxazole rings is 1. The number of rotatable bonds is 3. The number of aliphatic hydroxyl groups excluding tert-OH is 1. The first-order valence-electron chi connectivity index (χ1n) is 4.66. The third-order valence-electron chi connectivity index (χ3n) is 2.04. The van der Waals surface area contributed by atoms with Gasteiger partial charge in [0.2, 0.25) is 0 Å². The van der Waals surface area contributed by atoms with Gasteiger partial charge in [-0.05, 0) is 5.56 Å². The van der Waals surface area contributed by atoms with Gasteiger partial charge in [-0.25, -0.2) is 4.98 Å². The summed E-state index contributed by atoms with van der Waals surface area (Å²) in [7, 11) is 0. The third kappa shape index (κ3) is 2.33. The number of nitrogens with zero attached hydrogens (tertiary/aromatic N) is 1. The normalized spacial score (nSPS) is 11.0. The summed E-state index contributed by atoms with van der Waals surface area (Å²) in [6.07, 6.45) is 6.65. The fourth-order valence-electron chi connectivity index (χ4n) is 1.31. The molecule has 2 rings (SSSR count). The van der Waals surface area contributed by atoms with E-state index >= 15 is 0 Å². The number of aliphatic hydroxyl groups is 1. The van der Waals surface area contributed by atoms with Crippen molar-refractivity contribution in [2.24, 2.45) is 0 Å². The van der Waals surface area contributed by atoms with Crippen LogP contribution in [0.1, 0.15) is 5.56 Å². The van der Waals surface area contributed by atoms with Crippen LogP contribution in [-0.2, 0) is 0 Å². The Morgan fingerprint density at radius 1 is 1.27 bits per heavy atom. The summed E-state index contributed by atoms with van der Waals surface area (Å²) in [5, 5.41) is 8.62. The maximum absolute atomic E-state index is 8.62. The lowest BCUT2D eigenvalue weighted by Gasteiger charge is -1.96. The number of hydrogen-bond donors (Lipinski definition) is 1. The van der Waals surface area contributed by atoms with Crippen molar-refractivity contribution < 1.29 is 9.52 Å². The molecule has 1 aromatic carbocycles. The van der Waals surface area contributed by atoms with Gasteiger partial charge in [0, 0.05) is 5.56 Å². The van der Waals surface area contributed by atoms with Gasteiger partial charge in [-0.15, -0.1) is 0 Å². The van der Waals surface area contributed by atoms with Crippen molar-refractivity contribution in [1.29, 1.82) is 0 Å². The van der Waals surface area contributed by atoms with E-state index in [4.69, 9.17) is 9.52 Å². The van der Waals surface area contributed by atoms with Crippen molar-refractivity contribution in [3.63, 3.8) is 0 Å². The molecule has 3 heteroatoms. The molecular weight excluding hydrogens is 190 g/mol. The lowest BCUT2D eigenvalue weighted by atomic mass is 10.1. The molecule has 0 aliphatic rings. The Morgan fingerprint density at radius 3 is 2.67 bits per heavy atom. The molecule has 0 saturated carbocycles. The predicted octanol–water partition coefficient (Wildman–Crippen LogP) is 2.35. The van der Waals surface area contributed by atoms with E-state index in [9.17, 15) is 0 Å². The van der Waals surface area contributed by atoms with Crippen LogP contribution in [0, 0.1) is 0 Å². The topological polar surface area (TPSA) is 46.3 Å². The Morgan fingerprint density at radius 2 is 2.07 bits per heavy atom. The zero-order valence-electron chi connectivity index (χ0n) is 8.13. The summed E-state index contributed by atoms with van der Waals surface area (Å²) >= 11 is 0. The van der Waals surface area contributed by atoms with Gasteiger partial charge in [-0.1, -0.05) is 36.4 Å². The quantitative estimate of drug-likeness (QED) is 0.829. The van der Waals surface area contributed by atoms with Crippen LogP contribution in [0.15, 0.2) is 47.3 Å². The second-order valence-corrected chi connectivity index (χ2v) is 3.07. The molecule has 0 amide bonds. The zero-order valence-corrected chi connectivity index (χ0v) is 8.13. The molecule has 0 unspecified atom stereocenters. The van der Waals surface area contributed by atoms with Crippen molar-refractivity contribution in [3.8, 4) is 11.3 Å². The molecule has 0 aliphatic carbocycles. The van der Waals surface area contributed by atoms with Gasteiger partial charge < -0.3 is 9.52 Å². The highest BCUT2D eigenvalue weighted by atomic mass is 16.3. The first kappa shape index (κ1) is 9.68. The van der Waals surface area contributed by atoms with Gasteiger partial charge >= 0.3 is 0 Å². The summed E-state index contributed by atoms with van der Waals surface area (Å²) in [6, 6.07) is 7.84. The smallest absolute Gasteiger partial charge is 0.181 e. The summed E-state index contributed by atoms with van der Waals surface area (Å²) in [4.78, 5) is 3.86. The maximum atomic E-state index is 8.62. The monoisotopic (exact) mass is 201 g/mol. The van der Waals surface area contributed by atoms with Gasteiger partial charge in [-0.3, -0.25) is 0 Å². The fourth-order valence-corrected chi connectivity index (χ4v) is 1.31. The molecular formula is C12H11NO2. The summed E-state index contributed by atoms with van der Waals surface area (Å²) in [5.41, 5.74) is 2.04. The highest BCUT2D eigenvalue weighted by molar-refractivity contribution is 5.60. The third-order valence-corrected chi connectivity index (χ3v) is 2.04. The van der Waals surface area contributed by atoms with Gasteiger partial charge in [0.1, 0.15) is 0 Å². The second-order valence-electron chi connectivity index (χ2n) is 3.07. The molecule has 15 heavy (non-hydrogen) atoms. The summed E-state index contributed by atoms with van der Waals surface area (Å²) in [5.74, 6) is 0.757. The van der Waals surface area contributed by atoms with Gasteiger partial charge in [-0.2, -0.15) is 0 Å². The van der Waals surface area contributed by atoms with Crippen LogP contribution in [0.5, 0.6) is 0 Å². The minimum Gasteiger partial charge on any atom is -0.444 e. The first-order valence-corrected chi connectivity index (χ1v) is 4.66. The van der Waals surface area contributed by atoms with Crippen LogP contribution in [0.25, 0.3) is 17.4 Å². The van der Waals surface area contributed by atoms with Crippen LogP contribution in [0.4, 0.5) is 0 Å². The molecule has 0 bridgehead atoms. The molecule has 0 aliphatic heterocycles. The molecule has 1 aromatic heterocycles. The largest absolute Gasteiger partial charge is 0.444 e. The van der Waals surface area contributed by atoms with E-state index in [1.165, 1.54) is 6.39 Å². The van der Waals surface area contributed by atoms with E-state index in [1.807, 2.05) is 30.3 Å². The molecule has 3 nitrogen and oxygen atoms in total. The highest BCUT2D eigenvalue weighted by Gasteiger charge is 1.99. The van der Waals surface area contributed by atoms with Gasteiger partial charge in [0.15, 0.2) is 12.2 Å². The zero-order chi connectivity index (χ0) is 10.5. The van der Waals surface area contributed by atoms with E-state index in [0.29, 0.717) is 0 Å². The van der Waals surface area contributed by atoms with Crippen LogP contribution in [0.3, 0.4) is 0 Å². The molecule has 0 spiro atoms. The van der Waals surface area contributed by atoms with Crippen molar-refractivity contribution in [1.82, 2.24) is 4.98 Å². The standard InChI is InChI=1S/C12H11NO2/c14-7-1-2-10-3-5-11(6-4-10)12-8-13-9-15-12/h1-6,8-9,14H,7H2. The van der Waals surface area contributed by atoms with Crippen molar-refractivity contribution in [2.75, 3.05) is 6.61 Å². The number of aromatic nitrogens is 1. The van der Waals surface area contributed by atoms with Crippen LogP contribution in [-0.4, -0.2) is 16.7 Å². The Hall–Kier alpha value is -1.87. The predicted molar refractivity (Wildman–Crippen MR) is 58.1 cm³/mol. The average molecular weight is 201 g/mol. The van der Waals surface area contributed by atoms with Gasteiger partial charge in [0.05, 0.1) is 12.8 Å². The van der Waals surface area contributed by atoms with E-state index in [0.717, 1.165) is 16.9 Å².